The van der Waals surface area contributed by atoms with Crippen molar-refractivity contribution in [1.29, 1.82) is 0 Å². The maximum Gasteiger partial charge on any atom is 0.353 e. The van der Waals surface area contributed by atoms with Crippen molar-refractivity contribution >= 4 is 40.2 Å². The summed E-state index contributed by atoms with van der Waals surface area (Å²) in [7, 11) is 0. The number of fused-ring (bicyclic) bond motifs is 1. The second-order valence-electron chi connectivity index (χ2n) is 6.94. The number of carbonyl (C=O) groups is 2. The number of carbonyl (C=O) groups excluding carboxylic acids is 2. The first-order valence-corrected chi connectivity index (χ1v) is 10.8. The molecule has 1 amide bonds. The minimum atomic E-state index is -0.715. The Kier molecular flexibility index (Phi) is 6.57. The quantitative estimate of drug-likeness (QED) is 0.188. The normalized spacial score (nSPS) is 11.9. The number of esters is 1. The van der Waals surface area contributed by atoms with Gasteiger partial charge in [-0.2, -0.15) is 5.10 Å². The van der Waals surface area contributed by atoms with Crippen LogP contribution in [0.5, 0.6) is 11.5 Å². The predicted molar refractivity (Wildman–Crippen MR) is 125 cm³/mol. The molecule has 1 unspecified atom stereocenters. The van der Waals surface area contributed by atoms with Crippen molar-refractivity contribution in [2.45, 2.75) is 13.0 Å². The lowest BCUT2D eigenvalue weighted by Gasteiger charge is -2.13. The molecule has 7 heteroatoms. The van der Waals surface area contributed by atoms with E-state index in [1.807, 2.05) is 47.8 Å². The molecule has 1 aromatic heterocycles. The summed E-state index contributed by atoms with van der Waals surface area (Å²) in [5, 5.41) is 7.94. The molecular formula is C25H20N2O4S. The van der Waals surface area contributed by atoms with Crippen LogP contribution in [0.1, 0.15) is 22.2 Å². The van der Waals surface area contributed by atoms with Crippen molar-refractivity contribution in [2.24, 2.45) is 5.10 Å². The van der Waals surface area contributed by atoms with Gasteiger partial charge in [0.25, 0.3) is 5.91 Å². The molecule has 1 N–H and O–H groups in total. The molecule has 0 aliphatic carbocycles. The number of hydrogen-bond donors (Lipinski definition) is 1. The van der Waals surface area contributed by atoms with Gasteiger partial charge < -0.3 is 9.47 Å². The van der Waals surface area contributed by atoms with Crippen LogP contribution in [-0.2, 0) is 4.79 Å². The molecule has 1 atom stereocenters. The van der Waals surface area contributed by atoms with E-state index in [1.165, 1.54) is 17.6 Å². The highest BCUT2D eigenvalue weighted by Crippen LogP contribution is 2.21. The zero-order chi connectivity index (χ0) is 22.3. The molecule has 0 radical (unpaired) electrons. The third kappa shape index (κ3) is 5.39. The van der Waals surface area contributed by atoms with E-state index in [0.29, 0.717) is 16.4 Å². The maximum atomic E-state index is 12.3. The van der Waals surface area contributed by atoms with Crippen LogP contribution >= 0.6 is 11.3 Å². The Hall–Kier alpha value is -3.97. The molecule has 0 aliphatic heterocycles. The van der Waals surface area contributed by atoms with E-state index in [0.717, 1.165) is 16.3 Å². The second-order valence-corrected chi connectivity index (χ2v) is 7.89. The van der Waals surface area contributed by atoms with Gasteiger partial charge in [-0.15, -0.1) is 11.3 Å². The van der Waals surface area contributed by atoms with Gasteiger partial charge in [-0.25, -0.2) is 10.2 Å². The van der Waals surface area contributed by atoms with Gasteiger partial charge in [0.15, 0.2) is 6.10 Å². The number of benzene rings is 3. The molecule has 4 rings (SSSR count). The first kappa shape index (κ1) is 21.3. The fourth-order valence-electron chi connectivity index (χ4n) is 2.93. The summed E-state index contributed by atoms with van der Waals surface area (Å²) >= 11 is 1.32. The van der Waals surface area contributed by atoms with Crippen LogP contribution in [0.15, 0.2) is 89.3 Å². The topological polar surface area (TPSA) is 77.0 Å². The number of rotatable bonds is 7. The largest absolute Gasteiger partial charge is 0.481 e. The molecule has 0 bridgehead atoms. The highest BCUT2D eigenvalue weighted by atomic mass is 32.1. The summed E-state index contributed by atoms with van der Waals surface area (Å²) < 4.78 is 11.0. The summed E-state index contributed by atoms with van der Waals surface area (Å²) in [6, 6.07) is 23.9. The molecule has 0 aliphatic rings. The molecule has 3 aromatic carbocycles. The number of thiophene rings is 1. The molecule has 4 aromatic rings. The smallest absolute Gasteiger partial charge is 0.353 e. The number of nitrogens with one attached hydrogen (secondary N) is 1. The lowest BCUT2D eigenvalue weighted by Crippen LogP contribution is -2.33. The minimum absolute atomic E-state index is 0.365. The first-order valence-electron chi connectivity index (χ1n) is 9.92. The van der Waals surface area contributed by atoms with Crippen molar-refractivity contribution < 1.29 is 19.1 Å². The molecule has 160 valence electrons. The van der Waals surface area contributed by atoms with Crippen LogP contribution in [0.4, 0.5) is 0 Å². The van der Waals surface area contributed by atoms with Crippen LogP contribution < -0.4 is 14.9 Å². The van der Waals surface area contributed by atoms with Gasteiger partial charge in [-0.3, -0.25) is 4.79 Å². The third-order valence-electron chi connectivity index (χ3n) is 4.60. The molecule has 0 fully saturated rings. The first-order chi connectivity index (χ1) is 15.6. The Labute approximate surface area is 189 Å². The van der Waals surface area contributed by atoms with Crippen LogP contribution in [0.25, 0.3) is 10.8 Å². The summed E-state index contributed by atoms with van der Waals surface area (Å²) in [6.07, 6.45) is 0.790. The number of hydrazone groups is 1. The van der Waals surface area contributed by atoms with Crippen molar-refractivity contribution in [1.82, 2.24) is 5.43 Å². The van der Waals surface area contributed by atoms with Crippen LogP contribution in [0, 0.1) is 0 Å². The van der Waals surface area contributed by atoms with E-state index < -0.39 is 12.1 Å². The van der Waals surface area contributed by atoms with E-state index in [1.54, 1.807) is 43.3 Å². The highest BCUT2D eigenvalue weighted by molar-refractivity contribution is 7.12. The van der Waals surface area contributed by atoms with Crippen LogP contribution in [0.2, 0.25) is 0 Å². The third-order valence-corrected chi connectivity index (χ3v) is 5.45. The average Bonchev–Trinajstić information content (AvgIpc) is 3.35. The minimum Gasteiger partial charge on any atom is -0.481 e. The Morgan fingerprint density at radius 2 is 1.69 bits per heavy atom. The van der Waals surface area contributed by atoms with Crippen molar-refractivity contribution in [3.05, 3.63) is 94.7 Å². The average molecular weight is 445 g/mol. The summed E-state index contributed by atoms with van der Waals surface area (Å²) in [4.78, 5) is 24.8. The fraction of sp³-hybridized carbons (Fsp3) is 0.0800. The summed E-state index contributed by atoms with van der Waals surface area (Å²) in [5.74, 6) is 0.287. The van der Waals surface area contributed by atoms with Gasteiger partial charge in [-0.1, -0.05) is 36.4 Å². The van der Waals surface area contributed by atoms with E-state index in [-0.39, 0.29) is 5.91 Å². The predicted octanol–water partition coefficient (Wildman–Crippen LogP) is 5.04. The molecule has 0 spiro atoms. The van der Waals surface area contributed by atoms with E-state index in [2.05, 4.69) is 10.5 Å². The molecule has 0 saturated carbocycles. The van der Waals surface area contributed by atoms with E-state index in [9.17, 15) is 9.59 Å². The maximum absolute atomic E-state index is 12.3. The van der Waals surface area contributed by atoms with Crippen LogP contribution in [-0.4, -0.2) is 24.2 Å². The Morgan fingerprint density at radius 3 is 2.44 bits per heavy atom. The van der Waals surface area contributed by atoms with Gasteiger partial charge >= 0.3 is 5.97 Å². The lowest BCUT2D eigenvalue weighted by molar-refractivity contribution is -0.127. The van der Waals surface area contributed by atoms with Crippen molar-refractivity contribution in [3.63, 3.8) is 0 Å². The van der Waals surface area contributed by atoms with Gasteiger partial charge in [-0.05, 0) is 71.1 Å². The van der Waals surface area contributed by atoms with Crippen molar-refractivity contribution in [2.75, 3.05) is 0 Å². The van der Waals surface area contributed by atoms with Gasteiger partial charge in [0.1, 0.15) is 16.4 Å². The molecule has 6 nitrogen and oxygen atoms in total. The van der Waals surface area contributed by atoms with E-state index >= 15 is 0 Å². The summed E-state index contributed by atoms with van der Waals surface area (Å²) in [5.41, 5.74) is 3.22. The number of hydrogen-bond acceptors (Lipinski definition) is 6. The fourth-order valence-corrected chi connectivity index (χ4v) is 3.53. The van der Waals surface area contributed by atoms with E-state index in [4.69, 9.17) is 9.47 Å². The van der Waals surface area contributed by atoms with Crippen LogP contribution in [0.3, 0.4) is 0 Å². The standard InChI is InChI=1S/C25H20N2O4S/c1-17(30-22-13-10-19-5-2-3-6-20(19)15-22)24(28)27-26-16-18-8-11-21(12-9-18)31-25(29)23-7-4-14-32-23/h2-17H,1H3,(H,27,28)/b26-16+. The Balaban J connectivity index is 1.28. The zero-order valence-corrected chi connectivity index (χ0v) is 18.0. The molecule has 0 saturated heterocycles. The zero-order valence-electron chi connectivity index (χ0n) is 17.2. The highest BCUT2D eigenvalue weighted by Gasteiger charge is 2.14. The monoisotopic (exact) mass is 444 g/mol. The SMILES string of the molecule is CC(Oc1ccc2ccccc2c1)C(=O)N/N=C/c1ccc(OC(=O)c2cccs2)cc1. The second kappa shape index (κ2) is 9.89. The van der Waals surface area contributed by atoms with Gasteiger partial charge in [0.05, 0.1) is 6.21 Å². The molecular weight excluding hydrogens is 424 g/mol. The number of ether oxygens (including phenoxy) is 2. The summed E-state index contributed by atoms with van der Waals surface area (Å²) in [6.45, 7) is 1.66. The number of nitrogens with zero attached hydrogens (tertiary/aromatic N) is 1. The van der Waals surface area contributed by atoms with Gasteiger partial charge in [0, 0.05) is 0 Å². The Bertz CT molecular complexity index is 1250. The van der Waals surface area contributed by atoms with Gasteiger partial charge in [0.2, 0.25) is 0 Å². The number of amides is 1. The van der Waals surface area contributed by atoms with Crippen molar-refractivity contribution in [3.8, 4) is 11.5 Å². The molecule has 32 heavy (non-hydrogen) atoms. The Morgan fingerprint density at radius 1 is 0.938 bits per heavy atom. The molecule has 1 heterocycles. The lowest BCUT2D eigenvalue weighted by atomic mass is 10.1.